The molecule has 0 bridgehead atoms. The first-order valence-electron chi connectivity index (χ1n) is 4.71. The molecule has 1 aromatic rings. The van der Waals surface area contributed by atoms with E-state index in [-0.39, 0.29) is 11.7 Å². The number of aromatic hydroxyl groups is 1. The molecule has 3 heteroatoms. The van der Waals surface area contributed by atoms with E-state index in [0.29, 0.717) is 18.5 Å². The van der Waals surface area contributed by atoms with Crippen molar-refractivity contribution >= 4 is 5.91 Å². The van der Waals surface area contributed by atoms with E-state index in [1.807, 2.05) is 6.07 Å². The number of nitrogens with one attached hydrogen (secondary N) is 1. The molecule has 2 N–H and O–H groups in total. The lowest BCUT2D eigenvalue weighted by atomic mass is 10.2. The van der Waals surface area contributed by atoms with E-state index in [4.69, 9.17) is 0 Å². The lowest BCUT2D eigenvalue weighted by Gasteiger charge is -1.95. The summed E-state index contributed by atoms with van der Waals surface area (Å²) in [5.74, 6) is 5.84. The van der Waals surface area contributed by atoms with Crippen LogP contribution in [0.4, 0.5) is 0 Å². The maximum Gasteiger partial charge on any atom is 0.216 e. The molecule has 0 spiro atoms. The third kappa shape index (κ3) is 4.19. The van der Waals surface area contributed by atoms with Gasteiger partial charge in [0.25, 0.3) is 0 Å². The predicted octanol–water partition coefficient (Wildman–Crippen LogP) is 1.27. The van der Waals surface area contributed by atoms with Gasteiger partial charge < -0.3 is 10.4 Å². The molecule has 0 aliphatic rings. The fraction of sp³-hybridized carbons (Fsp3) is 0.250. The third-order valence-corrected chi connectivity index (χ3v) is 1.75. The van der Waals surface area contributed by atoms with E-state index in [1.165, 1.54) is 6.92 Å². The number of carbonyl (C=O) groups excluding carboxylic acids is 1. The normalized spacial score (nSPS) is 8.87. The highest BCUT2D eigenvalue weighted by Crippen LogP contribution is 2.13. The number of phenols is 1. The first kappa shape index (κ1) is 11.1. The fourth-order valence-corrected chi connectivity index (χ4v) is 1.04. The second kappa shape index (κ2) is 5.71. The Morgan fingerprint density at radius 1 is 1.47 bits per heavy atom. The smallest absolute Gasteiger partial charge is 0.216 e. The second-order valence-electron chi connectivity index (χ2n) is 3.05. The van der Waals surface area contributed by atoms with Crippen molar-refractivity contribution in [1.82, 2.24) is 5.32 Å². The van der Waals surface area contributed by atoms with Crippen LogP contribution < -0.4 is 5.32 Å². The van der Waals surface area contributed by atoms with Crippen LogP contribution in [0.3, 0.4) is 0 Å². The summed E-state index contributed by atoms with van der Waals surface area (Å²) >= 11 is 0. The first-order valence-corrected chi connectivity index (χ1v) is 4.71. The van der Waals surface area contributed by atoms with Gasteiger partial charge in [0.2, 0.25) is 5.91 Å². The molecule has 1 aromatic carbocycles. The van der Waals surface area contributed by atoms with E-state index >= 15 is 0 Å². The van der Waals surface area contributed by atoms with Crippen LogP contribution in [0.1, 0.15) is 18.9 Å². The van der Waals surface area contributed by atoms with E-state index in [9.17, 15) is 9.90 Å². The molecule has 0 aliphatic heterocycles. The molecule has 1 rings (SSSR count). The van der Waals surface area contributed by atoms with Crippen molar-refractivity contribution in [3.8, 4) is 17.6 Å². The van der Waals surface area contributed by atoms with Gasteiger partial charge in [-0.25, -0.2) is 0 Å². The molecule has 15 heavy (non-hydrogen) atoms. The van der Waals surface area contributed by atoms with Crippen LogP contribution in [-0.4, -0.2) is 17.6 Å². The number of hydrogen-bond acceptors (Lipinski definition) is 2. The van der Waals surface area contributed by atoms with Crippen LogP contribution in [0.2, 0.25) is 0 Å². The van der Waals surface area contributed by atoms with Gasteiger partial charge in [-0.05, 0) is 12.1 Å². The van der Waals surface area contributed by atoms with E-state index in [0.717, 1.165) is 0 Å². The Balaban J connectivity index is 2.45. The predicted molar refractivity (Wildman–Crippen MR) is 58.3 cm³/mol. The molecule has 0 atom stereocenters. The van der Waals surface area contributed by atoms with Gasteiger partial charge in [0, 0.05) is 19.9 Å². The summed E-state index contributed by atoms with van der Waals surface area (Å²) in [6, 6.07) is 6.91. The van der Waals surface area contributed by atoms with E-state index in [1.54, 1.807) is 18.2 Å². The van der Waals surface area contributed by atoms with Crippen molar-refractivity contribution in [3.05, 3.63) is 29.8 Å². The van der Waals surface area contributed by atoms with Crippen LogP contribution in [0.25, 0.3) is 0 Å². The number of phenolic OH excluding ortho intramolecular Hbond substituents is 1. The van der Waals surface area contributed by atoms with Gasteiger partial charge in [-0.2, -0.15) is 0 Å². The van der Waals surface area contributed by atoms with Crippen molar-refractivity contribution < 1.29 is 9.90 Å². The SMILES string of the molecule is CC(=O)NCCC#Cc1ccccc1O. The Bertz CT molecular complexity index is 402. The highest BCUT2D eigenvalue weighted by Gasteiger charge is 1.92. The van der Waals surface area contributed by atoms with Gasteiger partial charge in [0.1, 0.15) is 5.75 Å². The quantitative estimate of drug-likeness (QED) is 0.561. The number of rotatable bonds is 2. The fourth-order valence-electron chi connectivity index (χ4n) is 1.04. The molecular formula is C12H13NO2. The zero-order valence-electron chi connectivity index (χ0n) is 8.58. The first-order chi connectivity index (χ1) is 7.20. The Morgan fingerprint density at radius 2 is 2.20 bits per heavy atom. The van der Waals surface area contributed by atoms with Crippen LogP contribution >= 0.6 is 0 Å². The number of para-hydroxylation sites is 1. The van der Waals surface area contributed by atoms with E-state index in [2.05, 4.69) is 17.2 Å². The molecule has 0 saturated carbocycles. The molecule has 1 amide bonds. The van der Waals surface area contributed by atoms with Gasteiger partial charge in [0.05, 0.1) is 5.56 Å². The summed E-state index contributed by atoms with van der Waals surface area (Å²) in [5, 5.41) is 12.0. The molecule has 0 saturated heterocycles. The number of amides is 1. The molecule has 0 aliphatic carbocycles. The minimum Gasteiger partial charge on any atom is -0.507 e. The molecular weight excluding hydrogens is 190 g/mol. The van der Waals surface area contributed by atoms with Crippen molar-refractivity contribution in [2.45, 2.75) is 13.3 Å². The average Bonchev–Trinajstić information content (AvgIpc) is 2.20. The van der Waals surface area contributed by atoms with Gasteiger partial charge >= 0.3 is 0 Å². The number of hydrogen-bond donors (Lipinski definition) is 2. The summed E-state index contributed by atoms with van der Waals surface area (Å²) in [5.41, 5.74) is 0.611. The standard InChI is InChI=1S/C12H13NO2/c1-10(14)13-9-5-4-7-11-6-2-3-8-12(11)15/h2-3,6,8,15H,5,9H2,1H3,(H,13,14). The minimum absolute atomic E-state index is 0.0561. The third-order valence-electron chi connectivity index (χ3n) is 1.75. The Hall–Kier alpha value is -1.95. The van der Waals surface area contributed by atoms with Gasteiger partial charge in [-0.1, -0.05) is 24.0 Å². The zero-order valence-corrected chi connectivity index (χ0v) is 8.58. The largest absolute Gasteiger partial charge is 0.507 e. The topological polar surface area (TPSA) is 49.3 Å². The lowest BCUT2D eigenvalue weighted by molar-refractivity contribution is -0.118. The Labute approximate surface area is 89.1 Å². The second-order valence-corrected chi connectivity index (χ2v) is 3.05. The van der Waals surface area contributed by atoms with Gasteiger partial charge in [0.15, 0.2) is 0 Å². The average molecular weight is 203 g/mol. The van der Waals surface area contributed by atoms with Crippen molar-refractivity contribution in [1.29, 1.82) is 0 Å². The van der Waals surface area contributed by atoms with Gasteiger partial charge in [-0.15, -0.1) is 0 Å². The summed E-state index contributed by atoms with van der Waals surface area (Å²) in [6.45, 7) is 2.01. The number of benzene rings is 1. The molecule has 3 nitrogen and oxygen atoms in total. The van der Waals surface area contributed by atoms with Crippen LogP contribution in [0.5, 0.6) is 5.75 Å². The Morgan fingerprint density at radius 3 is 2.87 bits per heavy atom. The highest BCUT2D eigenvalue weighted by molar-refractivity contribution is 5.72. The summed E-state index contributed by atoms with van der Waals surface area (Å²) in [6.07, 6.45) is 0.577. The monoisotopic (exact) mass is 203 g/mol. The lowest BCUT2D eigenvalue weighted by Crippen LogP contribution is -2.20. The van der Waals surface area contributed by atoms with Crippen molar-refractivity contribution in [2.24, 2.45) is 0 Å². The van der Waals surface area contributed by atoms with Crippen LogP contribution in [0.15, 0.2) is 24.3 Å². The van der Waals surface area contributed by atoms with Crippen molar-refractivity contribution in [3.63, 3.8) is 0 Å². The maximum absolute atomic E-state index is 10.5. The highest BCUT2D eigenvalue weighted by atomic mass is 16.3. The summed E-state index contributed by atoms with van der Waals surface area (Å²) in [4.78, 5) is 10.5. The Kier molecular flexibility index (Phi) is 4.24. The summed E-state index contributed by atoms with van der Waals surface area (Å²) in [7, 11) is 0. The van der Waals surface area contributed by atoms with E-state index < -0.39 is 0 Å². The van der Waals surface area contributed by atoms with Crippen molar-refractivity contribution in [2.75, 3.05) is 6.54 Å². The number of carbonyl (C=O) groups is 1. The molecule has 0 radical (unpaired) electrons. The molecule has 78 valence electrons. The summed E-state index contributed by atoms with van der Waals surface area (Å²) < 4.78 is 0. The van der Waals surface area contributed by atoms with Gasteiger partial charge in [-0.3, -0.25) is 4.79 Å². The minimum atomic E-state index is -0.0561. The molecule has 0 heterocycles. The molecule has 0 unspecified atom stereocenters. The molecule has 0 fully saturated rings. The molecule has 0 aromatic heterocycles. The zero-order chi connectivity index (χ0) is 11.1. The maximum atomic E-state index is 10.5. The van der Waals surface area contributed by atoms with Crippen LogP contribution in [0, 0.1) is 11.8 Å². The van der Waals surface area contributed by atoms with Crippen LogP contribution in [-0.2, 0) is 4.79 Å².